The standard InChI is InChI=1S/C13H13Cl2N5OS2/c1-3-23-13-18-17-7(2)20(13)19-12(22)16-11(21)9-5-4-8(14)6-10(9)15/h4-6H,3H2,1-2H3,(H2,16,19,21,22). The van der Waals surface area contributed by atoms with Gasteiger partial charge in [-0.1, -0.05) is 41.9 Å². The van der Waals surface area contributed by atoms with E-state index in [2.05, 4.69) is 20.9 Å². The van der Waals surface area contributed by atoms with Crippen molar-refractivity contribution in [2.45, 2.75) is 19.0 Å². The zero-order valence-corrected chi connectivity index (χ0v) is 15.4. The second kappa shape index (κ2) is 7.96. The summed E-state index contributed by atoms with van der Waals surface area (Å²) < 4.78 is 1.61. The Kier molecular flexibility index (Phi) is 6.23. The van der Waals surface area contributed by atoms with Crippen LogP contribution in [0, 0.1) is 6.92 Å². The summed E-state index contributed by atoms with van der Waals surface area (Å²) >= 11 is 18.5. The third-order valence-electron chi connectivity index (χ3n) is 2.68. The molecule has 10 heteroatoms. The first-order chi connectivity index (χ1) is 10.9. The first kappa shape index (κ1) is 18.0. The van der Waals surface area contributed by atoms with Gasteiger partial charge in [-0.3, -0.25) is 15.5 Å². The molecule has 1 heterocycles. The quantitative estimate of drug-likeness (QED) is 0.617. The molecule has 0 saturated heterocycles. The van der Waals surface area contributed by atoms with Crippen molar-refractivity contribution in [1.29, 1.82) is 0 Å². The molecule has 0 radical (unpaired) electrons. The first-order valence-corrected chi connectivity index (χ1v) is 8.69. The molecule has 122 valence electrons. The van der Waals surface area contributed by atoms with E-state index in [9.17, 15) is 4.79 Å². The molecule has 0 atom stereocenters. The highest BCUT2D eigenvalue weighted by molar-refractivity contribution is 7.99. The molecule has 0 saturated carbocycles. The fourth-order valence-electron chi connectivity index (χ4n) is 1.67. The fraction of sp³-hybridized carbons (Fsp3) is 0.231. The minimum atomic E-state index is -0.431. The van der Waals surface area contributed by atoms with Gasteiger partial charge < -0.3 is 0 Å². The number of aromatic nitrogens is 3. The molecule has 1 aromatic heterocycles. The Labute approximate surface area is 152 Å². The van der Waals surface area contributed by atoms with Crippen molar-refractivity contribution in [2.75, 3.05) is 11.2 Å². The van der Waals surface area contributed by atoms with Crippen LogP contribution in [0.5, 0.6) is 0 Å². The topological polar surface area (TPSA) is 71.8 Å². The molecule has 0 aliphatic rings. The van der Waals surface area contributed by atoms with Crippen LogP contribution in [0.2, 0.25) is 10.0 Å². The summed E-state index contributed by atoms with van der Waals surface area (Å²) in [5, 5.41) is 12.0. The van der Waals surface area contributed by atoms with Gasteiger partial charge in [0.15, 0.2) is 5.11 Å². The Morgan fingerprint density at radius 2 is 2.13 bits per heavy atom. The van der Waals surface area contributed by atoms with Gasteiger partial charge in [0.25, 0.3) is 5.91 Å². The van der Waals surface area contributed by atoms with Gasteiger partial charge in [-0.2, -0.15) is 0 Å². The molecular formula is C13H13Cl2N5OS2. The zero-order valence-electron chi connectivity index (χ0n) is 12.3. The number of thiocarbonyl (C=S) groups is 1. The lowest BCUT2D eigenvalue weighted by Gasteiger charge is -2.13. The molecule has 0 spiro atoms. The molecule has 2 aromatic rings. The summed E-state index contributed by atoms with van der Waals surface area (Å²) in [7, 11) is 0. The lowest BCUT2D eigenvalue weighted by molar-refractivity contribution is 0.0977. The number of benzene rings is 1. The van der Waals surface area contributed by atoms with Crippen molar-refractivity contribution in [3.8, 4) is 0 Å². The van der Waals surface area contributed by atoms with E-state index in [-0.39, 0.29) is 15.7 Å². The maximum Gasteiger partial charge on any atom is 0.258 e. The molecular weight excluding hydrogens is 377 g/mol. The summed E-state index contributed by atoms with van der Waals surface area (Å²) in [6.07, 6.45) is 0. The van der Waals surface area contributed by atoms with Gasteiger partial charge in [0.2, 0.25) is 5.16 Å². The van der Waals surface area contributed by atoms with Crippen molar-refractivity contribution in [3.05, 3.63) is 39.6 Å². The first-order valence-electron chi connectivity index (χ1n) is 6.54. The maximum absolute atomic E-state index is 12.2. The minimum Gasteiger partial charge on any atom is -0.298 e. The van der Waals surface area contributed by atoms with E-state index < -0.39 is 5.91 Å². The largest absolute Gasteiger partial charge is 0.298 e. The second-order valence-electron chi connectivity index (χ2n) is 4.32. The van der Waals surface area contributed by atoms with E-state index in [4.69, 9.17) is 35.4 Å². The van der Waals surface area contributed by atoms with Crippen molar-refractivity contribution >= 4 is 58.2 Å². The number of hydrogen-bond acceptors (Lipinski definition) is 5. The molecule has 6 nitrogen and oxygen atoms in total. The average Bonchev–Trinajstić information content (AvgIpc) is 2.80. The van der Waals surface area contributed by atoms with Crippen LogP contribution in [0.15, 0.2) is 23.4 Å². The predicted molar refractivity (Wildman–Crippen MR) is 97.0 cm³/mol. The van der Waals surface area contributed by atoms with Crippen LogP contribution in [-0.4, -0.2) is 31.6 Å². The Balaban J connectivity index is 2.07. The van der Waals surface area contributed by atoms with Crippen LogP contribution in [0.3, 0.4) is 0 Å². The van der Waals surface area contributed by atoms with Gasteiger partial charge in [0.05, 0.1) is 10.6 Å². The molecule has 1 amide bonds. The third-order valence-corrected chi connectivity index (χ3v) is 4.24. The zero-order chi connectivity index (χ0) is 17.0. The van der Waals surface area contributed by atoms with Gasteiger partial charge >= 0.3 is 0 Å². The average molecular weight is 390 g/mol. The number of halogens is 2. The molecule has 0 fully saturated rings. The van der Waals surface area contributed by atoms with E-state index in [1.807, 2.05) is 6.92 Å². The van der Waals surface area contributed by atoms with E-state index in [1.165, 1.54) is 23.9 Å². The van der Waals surface area contributed by atoms with Gasteiger partial charge in [0, 0.05) is 5.02 Å². The minimum absolute atomic E-state index is 0.113. The van der Waals surface area contributed by atoms with Crippen molar-refractivity contribution in [2.24, 2.45) is 0 Å². The number of carbonyl (C=O) groups excluding carboxylic acids is 1. The molecule has 0 aliphatic heterocycles. The number of aryl methyl sites for hydroxylation is 1. The van der Waals surface area contributed by atoms with Crippen molar-refractivity contribution in [3.63, 3.8) is 0 Å². The summed E-state index contributed by atoms with van der Waals surface area (Å²) in [5.74, 6) is 1.03. The number of nitrogens with zero attached hydrogens (tertiary/aromatic N) is 3. The van der Waals surface area contributed by atoms with Crippen LogP contribution in [-0.2, 0) is 0 Å². The highest BCUT2D eigenvalue weighted by atomic mass is 35.5. The summed E-state index contributed by atoms with van der Waals surface area (Å²) in [6, 6.07) is 4.61. The molecule has 0 aliphatic carbocycles. The fourth-order valence-corrected chi connectivity index (χ4v) is 3.01. The van der Waals surface area contributed by atoms with Gasteiger partial charge in [-0.25, -0.2) is 4.68 Å². The van der Waals surface area contributed by atoms with Crippen molar-refractivity contribution < 1.29 is 4.79 Å². The molecule has 23 heavy (non-hydrogen) atoms. The monoisotopic (exact) mass is 389 g/mol. The summed E-state index contributed by atoms with van der Waals surface area (Å²) in [5.41, 5.74) is 3.16. The highest BCUT2D eigenvalue weighted by Gasteiger charge is 2.14. The lowest BCUT2D eigenvalue weighted by Crippen LogP contribution is -2.38. The van der Waals surface area contributed by atoms with E-state index in [1.54, 1.807) is 17.7 Å². The number of amides is 1. The lowest BCUT2D eigenvalue weighted by atomic mass is 10.2. The third kappa shape index (κ3) is 4.57. The number of hydrogen-bond donors (Lipinski definition) is 2. The van der Waals surface area contributed by atoms with Crippen LogP contribution in [0.4, 0.5) is 0 Å². The second-order valence-corrected chi connectivity index (χ2v) is 6.80. The van der Waals surface area contributed by atoms with E-state index in [0.29, 0.717) is 16.0 Å². The molecule has 0 unspecified atom stereocenters. The Hall–Kier alpha value is -1.35. The normalized spacial score (nSPS) is 10.4. The number of rotatable bonds is 4. The number of thioether (sulfide) groups is 1. The smallest absolute Gasteiger partial charge is 0.258 e. The van der Waals surface area contributed by atoms with E-state index >= 15 is 0 Å². The summed E-state index contributed by atoms with van der Waals surface area (Å²) in [6.45, 7) is 3.78. The molecule has 2 rings (SSSR count). The number of nitrogens with one attached hydrogen (secondary N) is 2. The van der Waals surface area contributed by atoms with Crippen LogP contribution >= 0.6 is 47.2 Å². The molecule has 2 N–H and O–H groups in total. The van der Waals surface area contributed by atoms with Gasteiger partial charge in [-0.15, -0.1) is 10.2 Å². The summed E-state index contributed by atoms with van der Waals surface area (Å²) in [4.78, 5) is 12.2. The van der Waals surface area contributed by atoms with Crippen LogP contribution < -0.4 is 10.7 Å². The molecule has 1 aromatic carbocycles. The SMILES string of the molecule is CCSc1nnc(C)n1NC(=S)NC(=O)c1ccc(Cl)cc1Cl. The van der Waals surface area contributed by atoms with E-state index in [0.717, 1.165) is 5.75 Å². The maximum atomic E-state index is 12.2. The van der Waals surface area contributed by atoms with Crippen molar-refractivity contribution in [1.82, 2.24) is 20.2 Å². The predicted octanol–water partition coefficient (Wildman–Crippen LogP) is 3.26. The van der Waals surface area contributed by atoms with Crippen LogP contribution in [0.1, 0.15) is 23.1 Å². The number of carbonyl (C=O) groups is 1. The van der Waals surface area contributed by atoms with Gasteiger partial charge in [0.1, 0.15) is 5.82 Å². The Morgan fingerprint density at radius 3 is 2.78 bits per heavy atom. The Morgan fingerprint density at radius 1 is 1.39 bits per heavy atom. The highest BCUT2D eigenvalue weighted by Crippen LogP contribution is 2.20. The van der Waals surface area contributed by atoms with Gasteiger partial charge in [-0.05, 0) is 43.1 Å². The van der Waals surface area contributed by atoms with Crippen LogP contribution in [0.25, 0.3) is 0 Å². The Bertz CT molecular complexity index is 750. The molecule has 0 bridgehead atoms.